The van der Waals surface area contributed by atoms with Gasteiger partial charge >= 0.3 is 17.9 Å². The largest absolute Gasteiger partial charge is 0.462 e. The van der Waals surface area contributed by atoms with Gasteiger partial charge in [-0.1, -0.05) is 221 Å². The van der Waals surface area contributed by atoms with E-state index in [0.29, 0.717) is 19.3 Å². The van der Waals surface area contributed by atoms with E-state index in [2.05, 4.69) is 106 Å². The van der Waals surface area contributed by atoms with Crippen LogP contribution < -0.4 is 0 Å². The SMILES string of the molecule is CC/C=C/C=C/C=C/CCCCCCCC(=O)OCC(COC(=O)CCC/C=C/C/C=C/C/C=C/CCCCCCCC)OC(=O)CCCCCCCCC/C=C/CCCCCCCC. The van der Waals surface area contributed by atoms with Crippen LogP contribution in [-0.2, 0) is 28.6 Å². The third-order valence-corrected chi connectivity index (χ3v) is 11.4. The molecule has 1 atom stereocenters. The maximum Gasteiger partial charge on any atom is 0.306 e. The number of esters is 3. The highest BCUT2D eigenvalue weighted by Crippen LogP contribution is 2.14. The number of unbranched alkanes of at least 4 members (excludes halogenated alkanes) is 25. The van der Waals surface area contributed by atoms with Crippen molar-refractivity contribution in [2.75, 3.05) is 13.2 Å². The molecule has 0 saturated heterocycles. The van der Waals surface area contributed by atoms with E-state index in [1.807, 2.05) is 0 Å². The van der Waals surface area contributed by atoms with Crippen molar-refractivity contribution in [3.8, 4) is 0 Å². The second-order valence-corrected chi connectivity index (χ2v) is 17.8. The van der Waals surface area contributed by atoms with Gasteiger partial charge < -0.3 is 14.2 Å². The van der Waals surface area contributed by atoms with Crippen molar-refractivity contribution in [2.24, 2.45) is 0 Å². The Labute approximate surface area is 401 Å². The molecule has 0 heterocycles. The van der Waals surface area contributed by atoms with Crippen LogP contribution in [-0.4, -0.2) is 37.2 Å². The number of rotatable bonds is 48. The van der Waals surface area contributed by atoms with Crippen LogP contribution in [0.3, 0.4) is 0 Å². The monoisotopic (exact) mass is 905 g/mol. The minimum Gasteiger partial charge on any atom is -0.462 e. The molecule has 65 heavy (non-hydrogen) atoms. The number of carbonyl (C=O) groups excluding carboxylic acids is 3. The lowest BCUT2D eigenvalue weighted by Gasteiger charge is -2.18. The molecule has 0 aromatic heterocycles. The minimum atomic E-state index is -0.808. The van der Waals surface area contributed by atoms with Gasteiger partial charge in [-0.25, -0.2) is 0 Å². The maximum absolute atomic E-state index is 12.8. The van der Waals surface area contributed by atoms with Gasteiger partial charge in [-0.05, 0) is 96.3 Å². The lowest BCUT2D eigenvalue weighted by atomic mass is 10.1. The minimum absolute atomic E-state index is 0.105. The summed E-state index contributed by atoms with van der Waals surface area (Å²) in [6, 6.07) is 0. The molecule has 0 bridgehead atoms. The molecule has 0 aromatic rings. The molecule has 0 aromatic carbocycles. The van der Waals surface area contributed by atoms with Gasteiger partial charge in [0.1, 0.15) is 13.2 Å². The van der Waals surface area contributed by atoms with Crippen LogP contribution in [0.1, 0.15) is 252 Å². The fourth-order valence-corrected chi connectivity index (χ4v) is 7.33. The Kier molecular flexibility index (Phi) is 50.4. The van der Waals surface area contributed by atoms with Crippen molar-refractivity contribution in [1.82, 2.24) is 0 Å². The summed E-state index contributed by atoms with van der Waals surface area (Å²) in [6.45, 7) is 6.43. The number of hydrogen-bond acceptors (Lipinski definition) is 6. The third-order valence-electron chi connectivity index (χ3n) is 11.4. The van der Waals surface area contributed by atoms with Crippen LogP contribution in [0.25, 0.3) is 0 Å². The number of allylic oxidation sites excluding steroid dienone is 14. The average molecular weight is 905 g/mol. The summed E-state index contributed by atoms with van der Waals surface area (Å²) in [4.78, 5) is 38.0. The Morgan fingerprint density at radius 1 is 0.338 bits per heavy atom. The normalized spacial score (nSPS) is 12.7. The lowest BCUT2D eigenvalue weighted by molar-refractivity contribution is -0.167. The molecule has 6 nitrogen and oxygen atoms in total. The van der Waals surface area contributed by atoms with Gasteiger partial charge in [-0.3, -0.25) is 14.4 Å². The zero-order valence-corrected chi connectivity index (χ0v) is 42.5. The highest BCUT2D eigenvalue weighted by atomic mass is 16.6. The molecule has 0 aliphatic heterocycles. The zero-order chi connectivity index (χ0) is 47.2. The van der Waals surface area contributed by atoms with Crippen LogP contribution in [0.5, 0.6) is 0 Å². The van der Waals surface area contributed by atoms with Gasteiger partial charge in [-0.2, -0.15) is 0 Å². The maximum atomic E-state index is 12.8. The molecule has 0 amide bonds. The molecule has 0 N–H and O–H groups in total. The van der Waals surface area contributed by atoms with E-state index in [4.69, 9.17) is 14.2 Å². The predicted octanol–water partition coefficient (Wildman–Crippen LogP) is 18.0. The highest BCUT2D eigenvalue weighted by molar-refractivity contribution is 5.71. The van der Waals surface area contributed by atoms with Crippen molar-refractivity contribution >= 4 is 17.9 Å². The molecule has 0 saturated carbocycles. The molecule has 0 rings (SSSR count). The lowest BCUT2D eigenvalue weighted by Crippen LogP contribution is -2.30. The summed E-state index contributed by atoms with van der Waals surface area (Å²) in [7, 11) is 0. The van der Waals surface area contributed by atoms with E-state index in [-0.39, 0.29) is 37.5 Å². The summed E-state index contributed by atoms with van der Waals surface area (Å²) in [6.07, 6.45) is 68.6. The molecule has 1 unspecified atom stereocenters. The van der Waals surface area contributed by atoms with E-state index >= 15 is 0 Å². The molecular formula is C59H100O6. The number of hydrogen-bond donors (Lipinski definition) is 0. The van der Waals surface area contributed by atoms with Crippen molar-refractivity contribution in [2.45, 2.75) is 258 Å². The number of ether oxygens (including phenoxy) is 3. The third kappa shape index (κ3) is 51.4. The summed E-state index contributed by atoms with van der Waals surface area (Å²) >= 11 is 0. The summed E-state index contributed by atoms with van der Waals surface area (Å²) in [5.74, 6) is -0.980. The Morgan fingerprint density at radius 3 is 1.14 bits per heavy atom. The Balaban J connectivity index is 4.48. The predicted molar refractivity (Wildman–Crippen MR) is 279 cm³/mol. The van der Waals surface area contributed by atoms with Gasteiger partial charge in [0.25, 0.3) is 0 Å². The van der Waals surface area contributed by atoms with Crippen LogP contribution in [0.2, 0.25) is 0 Å². The van der Waals surface area contributed by atoms with Gasteiger partial charge in [0.2, 0.25) is 0 Å². The van der Waals surface area contributed by atoms with Crippen LogP contribution in [0, 0.1) is 0 Å². The van der Waals surface area contributed by atoms with E-state index < -0.39 is 6.10 Å². The van der Waals surface area contributed by atoms with Gasteiger partial charge in [0, 0.05) is 19.3 Å². The van der Waals surface area contributed by atoms with E-state index in [0.717, 1.165) is 83.5 Å². The molecular weight excluding hydrogens is 805 g/mol. The van der Waals surface area contributed by atoms with E-state index in [1.54, 1.807) is 0 Å². The first kappa shape index (κ1) is 61.6. The van der Waals surface area contributed by atoms with Crippen LogP contribution >= 0.6 is 0 Å². The second-order valence-electron chi connectivity index (χ2n) is 17.8. The first-order chi connectivity index (χ1) is 32.0. The van der Waals surface area contributed by atoms with Crippen LogP contribution in [0.4, 0.5) is 0 Å². The molecule has 372 valence electrons. The molecule has 6 heteroatoms. The highest BCUT2D eigenvalue weighted by Gasteiger charge is 2.19. The van der Waals surface area contributed by atoms with Crippen molar-refractivity contribution < 1.29 is 28.6 Å². The molecule has 0 aliphatic carbocycles. The smallest absolute Gasteiger partial charge is 0.306 e. The summed E-state index contributed by atoms with van der Waals surface area (Å²) in [5.41, 5.74) is 0. The van der Waals surface area contributed by atoms with E-state index in [9.17, 15) is 14.4 Å². The number of carbonyl (C=O) groups is 3. The second kappa shape index (κ2) is 53.2. The topological polar surface area (TPSA) is 78.9 Å². The van der Waals surface area contributed by atoms with Gasteiger partial charge in [0.05, 0.1) is 0 Å². The zero-order valence-electron chi connectivity index (χ0n) is 42.5. The molecule has 0 fully saturated rings. The average Bonchev–Trinajstić information content (AvgIpc) is 3.30. The fraction of sp³-hybridized carbons (Fsp3) is 0.712. The van der Waals surface area contributed by atoms with Crippen molar-refractivity contribution in [3.05, 3.63) is 85.1 Å². The van der Waals surface area contributed by atoms with Gasteiger partial charge in [-0.15, -0.1) is 0 Å². The molecule has 0 radical (unpaired) electrons. The fourth-order valence-electron chi connectivity index (χ4n) is 7.33. The molecule has 0 spiro atoms. The van der Waals surface area contributed by atoms with Crippen LogP contribution in [0.15, 0.2) is 85.1 Å². The first-order valence-corrected chi connectivity index (χ1v) is 27.1. The summed E-state index contributed by atoms with van der Waals surface area (Å²) < 4.78 is 16.8. The quantitative estimate of drug-likeness (QED) is 0.0199. The van der Waals surface area contributed by atoms with Crippen molar-refractivity contribution in [3.63, 3.8) is 0 Å². The summed E-state index contributed by atoms with van der Waals surface area (Å²) in [5, 5.41) is 0. The molecule has 0 aliphatic rings. The van der Waals surface area contributed by atoms with Gasteiger partial charge in [0.15, 0.2) is 6.10 Å². The Hall–Kier alpha value is -3.41. The Morgan fingerprint density at radius 2 is 0.677 bits per heavy atom. The van der Waals surface area contributed by atoms with Crippen molar-refractivity contribution in [1.29, 1.82) is 0 Å². The van der Waals surface area contributed by atoms with E-state index in [1.165, 1.54) is 122 Å². The standard InChI is InChI=1S/C59H100O6/c1-4-7-10-13-16-19-22-25-27-29-31-34-37-40-43-46-49-52-58(61)64-55-56(54-63-57(60)51-48-45-42-39-36-33-24-21-18-15-12-9-6-3)65-59(62)53-50-47-44-41-38-35-32-30-28-26-23-20-17-14-11-8-5-2/h9,12,15,18,21,24-28,31,34,40,43,56H,4-8,10-11,13-14,16-17,19-20,22-23,29-30,32-33,35-39,41-42,44-55H2,1-3H3/b12-9+,18-15+,24-21+,27-25+,28-26+,34-31+,43-40+. The first-order valence-electron chi connectivity index (χ1n) is 27.1. The Bertz CT molecular complexity index is 1270.